The molecule has 0 aliphatic carbocycles. The minimum atomic E-state index is -3.43. The van der Waals surface area contributed by atoms with E-state index in [1.807, 2.05) is 6.92 Å². The molecule has 6 heteroatoms. The Labute approximate surface area is 78.2 Å². The quantitative estimate of drug-likeness (QED) is 0.358. The SMILES string of the molecule is CCCC(=O)OCCOS(C)(=O)=O. The molecule has 0 unspecified atom stereocenters. The maximum atomic E-state index is 10.7. The molecule has 0 heterocycles. The van der Waals surface area contributed by atoms with E-state index in [0.717, 1.165) is 6.26 Å². The van der Waals surface area contributed by atoms with Crippen LogP contribution in [0.3, 0.4) is 0 Å². The fourth-order valence-electron chi connectivity index (χ4n) is 0.617. The molecule has 78 valence electrons. The Morgan fingerprint density at radius 2 is 1.92 bits per heavy atom. The van der Waals surface area contributed by atoms with Crippen molar-refractivity contribution in [3.63, 3.8) is 0 Å². The molecule has 0 bridgehead atoms. The number of hydrogen-bond donors (Lipinski definition) is 0. The van der Waals surface area contributed by atoms with E-state index < -0.39 is 10.1 Å². The molecule has 0 N–H and O–H groups in total. The first kappa shape index (κ1) is 12.4. The molecule has 5 nitrogen and oxygen atoms in total. The van der Waals surface area contributed by atoms with Gasteiger partial charge in [0, 0.05) is 6.42 Å². The minimum Gasteiger partial charge on any atom is -0.463 e. The standard InChI is InChI=1S/C7H14O5S/c1-3-4-7(8)11-5-6-12-13(2,9)10/h3-6H2,1-2H3. The van der Waals surface area contributed by atoms with Crippen LogP contribution in [0.4, 0.5) is 0 Å². The van der Waals surface area contributed by atoms with Gasteiger partial charge in [-0.05, 0) is 6.42 Å². The first-order valence-corrected chi connectivity index (χ1v) is 5.77. The second-order valence-electron chi connectivity index (χ2n) is 2.50. The summed E-state index contributed by atoms with van der Waals surface area (Å²) in [6.45, 7) is 1.72. The maximum absolute atomic E-state index is 10.7. The van der Waals surface area contributed by atoms with Gasteiger partial charge in [-0.3, -0.25) is 8.98 Å². The van der Waals surface area contributed by atoms with Gasteiger partial charge in [0.15, 0.2) is 0 Å². The highest BCUT2D eigenvalue weighted by Gasteiger charge is 2.03. The van der Waals surface area contributed by atoms with E-state index in [-0.39, 0.29) is 19.2 Å². The average molecular weight is 210 g/mol. The lowest BCUT2D eigenvalue weighted by Gasteiger charge is -2.03. The highest BCUT2D eigenvalue weighted by atomic mass is 32.2. The zero-order valence-corrected chi connectivity index (χ0v) is 8.59. The molecule has 0 aromatic rings. The Balaban J connectivity index is 3.41. The number of carbonyl (C=O) groups is 1. The summed E-state index contributed by atoms with van der Waals surface area (Å²) < 4.78 is 29.9. The lowest BCUT2D eigenvalue weighted by Crippen LogP contribution is -2.12. The van der Waals surface area contributed by atoms with Gasteiger partial charge in [0.05, 0.1) is 6.26 Å². The molecule has 0 rings (SSSR count). The summed E-state index contributed by atoms with van der Waals surface area (Å²) in [6.07, 6.45) is 2.01. The summed E-state index contributed by atoms with van der Waals surface area (Å²) in [4.78, 5) is 10.7. The molecule has 0 saturated heterocycles. The van der Waals surface area contributed by atoms with E-state index in [4.69, 9.17) is 0 Å². The molecule has 0 amide bonds. The summed E-state index contributed by atoms with van der Waals surface area (Å²) in [7, 11) is -3.43. The number of esters is 1. The lowest BCUT2D eigenvalue weighted by molar-refractivity contribution is -0.144. The lowest BCUT2D eigenvalue weighted by atomic mass is 10.3. The Morgan fingerprint density at radius 3 is 2.38 bits per heavy atom. The molecule has 0 aliphatic heterocycles. The van der Waals surface area contributed by atoms with E-state index in [9.17, 15) is 13.2 Å². The molecule has 0 aliphatic rings. The van der Waals surface area contributed by atoms with Crippen molar-refractivity contribution in [2.45, 2.75) is 19.8 Å². The smallest absolute Gasteiger partial charge is 0.305 e. The van der Waals surface area contributed by atoms with Crippen LogP contribution in [0.15, 0.2) is 0 Å². The average Bonchev–Trinajstić information content (AvgIpc) is 1.97. The first-order valence-electron chi connectivity index (χ1n) is 3.95. The van der Waals surface area contributed by atoms with E-state index in [1.165, 1.54) is 0 Å². The van der Waals surface area contributed by atoms with Crippen LogP contribution in [-0.4, -0.2) is 33.9 Å². The van der Waals surface area contributed by atoms with Gasteiger partial charge in [-0.1, -0.05) is 6.92 Å². The van der Waals surface area contributed by atoms with Crippen LogP contribution in [0.1, 0.15) is 19.8 Å². The molecular weight excluding hydrogens is 196 g/mol. The monoisotopic (exact) mass is 210 g/mol. The highest BCUT2D eigenvalue weighted by molar-refractivity contribution is 7.85. The molecule has 0 aromatic heterocycles. The molecule has 0 spiro atoms. The first-order chi connectivity index (χ1) is 5.95. The summed E-state index contributed by atoms with van der Waals surface area (Å²) in [5, 5.41) is 0. The van der Waals surface area contributed by atoms with Gasteiger partial charge in [-0.2, -0.15) is 8.42 Å². The van der Waals surface area contributed by atoms with Gasteiger partial charge in [0.25, 0.3) is 10.1 Å². The molecule has 0 radical (unpaired) electrons. The zero-order chi connectivity index (χ0) is 10.3. The van der Waals surface area contributed by atoms with Crippen LogP contribution in [0.2, 0.25) is 0 Å². The maximum Gasteiger partial charge on any atom is 0.305 e. The Morgan fingerprint density at radius 1 is 1.31 bits per heavy atom. The van der Waals surface area contributed by atoms with Gasteiger partial charge in [0.1, 0.15) is 13.2 Å². The third-order valence-electron chi connectivity index (χ3n) is 1.10. The van der Waals surface area contributed by atoms with Crippen LogP contribution in [0.25, 0.3) is 0 Å². The van der Waals surface area contributed by atoms with E-state index in [2.05, 4.69) is 8.92 Å². The van der Waals surface area contributed by atoms with E-state index in [1.54, 1.807) is 0 Å². The van der Waals surface area contributed by atoms with Gasteiger partial charge >= 0.3 is 5.97 Å². The fourth-order valence-corrected chi connectivity index (χ4v) is 0.988. The van der Waals surface area contributed by atoms with Crippen molar-refractivity contribution in [3.05, 3.63) is 0 Å². The normalized spacial score (nSPS) is 11.2. The molecule has 0 saturated carbocycles. The number of carbonyl (C=O) groups excluding carboxylic acids is 1. The predicted octanol–water partition coefficient (Wildman–Crippen LogP) is 0.306. The second-order valence-corrected chi connectivity index (χ2v) is 4.14. The second kappa shape index (κ2) is 5.93. The largest absolute Gasteiger partial charge is 0.463 e. The minimum absolute atomic E-state index is 0.0219. The Kier molecular flexibility index (Phi) is 5.65. The van der Waals surface area contributed by atoms with Gasteiger partial charge in [0.2, 0.25) is 0 Å². The third kappa shape index (κ3) is 9.29. The summed E-state index contributed by atoms with van der Waals surface area (Å²) >= 11 is 0. The zero-order valence-electron chi connectivity index (χ0n) is 7.78. The van der Waals surface area contributed by atoms with Crippen molar-refractivity contribution in [1.82, 2.24) is 0 Å². The third-order valence-corrected chi connectivity index (χ3v) is 1.69. The van der Waals surface area contributed by atoms with Gasteiger partial charge in [-0.15, -0.1) is 0 Å². The Hall–Kier alpha value is -0.620. The van der Waals surface area contributed by atoms with Crippen LogP contribution >= 0.6 is 0 Å². The molecule has 0 aromatic carbocycles. The van der Waals surface area contributed by atoms with Crippen molar-refractivity contribution < 1.29 is 22.1 Å². The van der Waals surface area contributed by atoms with Crippen molar-refractivity contribution in [2.24, 2.45) is 0 Å². The number of rotatable bonds is 6. The highest BCUT2D eigenvalue weighted by Crippen LogP contribution is 1.92. The fraction of sp³-hybridized carbons (Fsp3) is 0.857. The summed E-state index contributed by atoms with van der Waals surface area (Å²) in [5.74, 6) is -0.334. The van der Waals surface area contributed by atoms with Crippen LogP contribution in [0, 0.1) is 0 Å². The molecule has 0 fully saturated rings. The van der Waals surface area contributed by atoms with Gasteiger partial charge in [-0.25, -0.2) is 0 Å². The van der Waals surface area contributed by atoms with Crippen molar-refractivity contribution >= 4 is 16.1 Å². The predicted molar refractivity (Wildman–Crippen MR) is 46.7 cm³/mol. The number of hydrogen-bond acceptors (Lipinski definition) is 5. The van der Waals surface area contributed by atoms with E-state index >= 15 is 0 Å². The molecule has 13 heavy (non-hydrogen) atoms. The van der Waals surface area contributed by atoms with Crippen LogP contribution in [0.5, 0.6) is 0 Å². The summed E-state index contributed by atoms with van der Waals surface area (Å²) in [6, 6.07) is 0. The van der Waals surface area contributed by atoms with Crippen molar-refractivity contribution in [3.8, 4) is 0 Å². The topological polar surface area (TPSA) is 69.7 Å². The van der Waals surface area contributed by atoms with Crippen LogP contribution in [-0.2, 0) is 23.8 Å². The van der Waals surface area contributed by atoms with Crippen molar-refractivity contribution in [1.29, 1.82) is 0 Å². The summed E-state index contributed by atoms with van der Waals surface area (Å²) in [5.41, 5.74) is 0. The Bertz CT molecular complexity index is 244. The molecular formula is C7H14O5S. The molecule has 0 atom stereocenters. The van der Waals surface area contributed by atoms with Crippen LogP contribution < -0.4 is 0 Å². The van der Waals surface area contributed by atoms with E-state index in [0.29, 0.717) is 12.8 Å². The van der Waals surface area contributed by atoms with Crippen molar-refractivity contribution in [2.75, 3.05) is 19.5 Å². The number of ether oxygens (including phenoxy) is 1. The van der Waals surface area contributed by atoms with Gasteiger partial charge < -0.3 is 4.74 Å².